The van der Waals surface area contributed by atoms with Gasteiger partial charge in [0.2, 0.25) is 17.7 Å². The number of nitrogens with one attached hydrogen (secondary N) is 3. The molecular weight excluding hydrogens is 416 g/mol. The van der Waals surface area contributed by atoms with Crippen molar-refractivity contribution in [2.75, 3.05) is 36.4 Å². The molecule has 3 amide bonds. The molecule has 33 heavy (non-hydrogen) atoms. The van der Waals surface area contributed by atoms with E-state index in [9.17, 15) is 14.4 Å². The molecule has 0 saturated carbocycles. The van der Waals surface area contributed by atoms with Gasteiger partial charge in [-0.05, 0) is 80.1 Å². The second-order valence-corrected chi connectivity index (χ2v) is 9.91. The minimum Gasteiger partial charge on any atom is -0.356 e. The van der Waals surface area contributed by atoms with Crippen molar-refractivity contribution in [3.05, 3.63) is 59.2 Å². The molecule has 0 radical (unpaired) electrons. The molecule has 6 rings (SSSR count). The predicted octanol–water partition coefficient (Wildman–Crippen LogP) is 1.90. The quantitative estimate of drug-likeness (QED) is 0.675. The number of nitrogens with zero attached hydrogens (tertiary/aromatic N) is 1. The third-order valence-electron chi connectivity index (χ3n) is 8.04. The summed E-state index contributed by atoms with van der Waals surface area (Å²) >= 11 is 0. The fourth-order valence-electron chi connectivity index (χ4n) is 6.32. The zero-order valence-electron chi connectivity index (χ0n) is 18.6. The van der Waals surface area contributed by atoms with Crippen LogP contribution < -0.4 is 20.9 Å². The number of rotatable bonds is 3. The van der Waals surface area contributed by atoms with Gasteiger partial charge in [-0.1, -0.05) is 24.3 Å². The Labute approximate surface area is 192 Å². The van der Waals surface area contributed by atoms with Crippen LogP contribution in [0.15, 0.2) is 42.5 Å². The van der Waals surface area contributed by atoms with Gasteiger partial charge in [-0.15, -0.1) is 0 Å². The number of para-hydroxylation sites is 1. The summed E-state index contributed by atoms with van der Waals surface area (Å²) in [5, 5.41) is 9.29. The molecule has 0 aromatic heterocycles. The van der Waals surface area contributed by atoms with Crippen LogP contribution in [0.5, 0.6) is 0 Å². The van der Waals surface area contributed by atoms with E-state index >= 15 is 0 Å². The van der Waals surface area contributed by atoms with Crippen LogP contribution in [0.2, 0.25) is 0 Å². The van der Waals surface area contributed by atoms with Crippen LogP contribution in [0, 0.1) is 5.41 Å². The Balaban J connectivity index is 1.20. The topological polar surface area (TPSA) is 90.5 Å². The first kappa shape index (κ1) is 20.4. The zero-order chi connectivity index (χ0) is 22.6. The van der Waals surface area contributed by atoms with Gasteiger partial charge < -0.3 is 20.9 Å². The lowest BCUT2D eigenvalue weighted by molar-refractivity contribution is -0.127. The highest BCUT2D eigenvalue weighted by Gasteiger charge is 2.51. The molecule has 1 atom stereocenters. The standard InChI is InChI=1S/C26H28N4O3/c31-22(29-19-6-5-17-14-25(15-18(17)13-19)7-12-28-23(25)32)16-30-21-4-2-1-3-20(21)26(24(30)33)8-10-27-11-9-26/h1-6,13,27H,7-12,14-16H2,(H,28,32)(H,29,31). The summed E-state index contributed by atoms with van der Waals surface area (Å²) in [7, 11) is 0. The van der Waals surface area contributed by atoms with Crippen molar-refractivity contribution in [2.24, 2.45) is 5.41 Å². The van der Waals surface area contributed by atoms with Crippen molar-refractivity contribution < 1.29 is 14.4 Å². The zero-order valence-corrected chi connectivity index (χ0v) is 18.6. The molecular formula is C26H28N4O3. The number of piperidine rings is 1. The first-order chi connectivity index (χ1) is 16.0. The molecule has 7 heteroatoms. The highest BCUT2D eigenvalue weighted by Crippen LogP contribution is 2.47. The van der Waals surface area contributed by atoms with Crippen molar-refractivity contribution >= 4 is 29.1 Å². The summed E-state index contributed by atoms with van der Waals surface area (Å²) in [4.78, 5) is 40.6. The predicted molar refractivity (Wildman–Crippen MR) is 125 cm³/mol. The van der Waals surface area contributed by atoms with E-state index in [1.807, 2.05) is 42.5 Å². The molecule has 2 spiro atoms. The summed E-state index contributed by atoms with van der Waals surface area (Å²) in [6.07, 6.45) is 3.84. The molecule has 1 aliphatic carbocycles. The van der Waals surface area contributed by atoms with Gasteiger partial charge in [0, 0.05) is 17.9 Å². The Morgan fingerprint density at radius 3 is 2.55 bits per heavy atom. The van der Waals surface area contributed by atoms with Crippen LogP contribution in [0.3, 0.4) is 0 Å². The summed E-state index contributed by atoms with van der Waals surface area (Å²) in [6, 6.07) is 13.8. The number of carbonyl (C=O) groups is 3. The second kappa shape index (κ2) is 7.42. The lowest BCUT2D eigenvalue weighted by Crippen LogP contribution is -2.48. The Bertz CT molecular complexity index is 1170. The molecule has 0 bridgehead atoms. The first-order valence-corrected chi connectivity index (χ1v) is 11.8. The van der Waals surface area contributed by atoms with Crippen molar-refractivity contribution in [3.8, 4) is 0 Å². The fourth-order valence-corrected chi connectivity index (χ4v) is 6.32. The number of amides is 3. The van der Waals surface area contributed by atoms with E-state index in [0.29, 0.717) is 12.1 Å². The van der Waals surface area contributed by atoms with Crippen molar-refractivity contribution in [1.82, 2.24) is 10.6 Å². The monoisotopic (exact) mass is 444 g/mol. The Morgan fingerprint density at radius 1 is 0.970 bits per heavy atom. The molecule has 2 aromatic carbocycles. The largest absolute Gasteiger partial charge is 0.356 e. The number of anilines is 2. The van der Waals surface area contributed by atoms with Crippen LogP contribution in [-0.4, -0.2) is 43.9 Å². The van der Waals surface area contributed by atoms with Gasteiger partial charge in [0.05, 0.1) is 10.8 Å². The van der Waals surface area contributed by atoms with Crippen molar-refractivity contribution in [1.29, 1.82) is 0 Å². The van der Waals surface area contributed by atoms with E-state index in [1.165, 1.54) is 5.56 Å². The van der Waals surface area contributed by atoms with E-state index in [0.717, 1.165) is 62.1 Å². The normalized spacial score (nSPS) is 24.8. The highest BCUT2D eigenvalue weighted by atomic mass is 16.2. The van der Waals surface area contributed by atoms with E-state index in [1.54, 1.807) is 4.90 Å². The van der Waals surface area contributed by atoms with E-state index in [2.05, 4.69) is 16.0 Å². The van der Waals surface area contributed by atoms with Crippen LogP contribution >= 0.6 is 0 Å². The maximum absolute atomic E-state index is 13.5. The average Bonchev–Trinajstić information content (AvgIpc) is 3.44. The minimum atomic E-state index is -0.522. The molecule has 4 aliphatic rings. The fraction of sp³-hybridized carbons (Fsp3) is 0.423. The van der Waals surface area contributed by atoms with Gasteiger partial charge in [0.25, 0.3) is 0 Å². The Kier molecular flexibility index (Phi) is 4.59. The SMILES string of the molecule is O=C(CN1C(=O)C2(CCNCC2)c2ccccc21)Nc1ccc2c(c1)CC1(CCNC1=O)C2. The van der Waals surface area contributed by atoms with Gasteiger partial charge in [0.15, 0.2) is 0 Å². The summed E-state index contributed by atoms with van der Waals surface area (Å²) in [5.41, 5.74) is 4.07. The lowest BCUT2D eigenvalue weighted by Gasteiger charge is -2.33. The van der Waals surface area contributed by atoms with E-state index in [-0.39, 0.29) is 29.7 Å². The Hall–Kier alpha value is -3.19. The molecule has 3 aliphatic heterocycles. The lowest BCUT2D eigenvalue weighted by atomic mass is 9.74. The molecule has 3 heterocycles. The molecule has 2 aromatic rings. The minimum absolute atomic E-state index is 0.00550. The number of hydrogen-bond acceptors (Lipinski definition) is 4. The average molecular weight is 445 g/mol. The third kappa shape index (κ3) is 3.09. The molecule has 2 fully saturated rings. The molecule has 170 valence electrons. The number of benzene rings is 2. The molecule has 1 unspecified atom stereocenters. The molecule has 3 N–H and O–H groups in total. The van der Waals surface area contributed by atoms with Crippen molar-refractivity contribution in [3.63, 3.8) is 0 Å². The maximum atomic E-state index is 13.5. The van der Waals surface area contributed by atoms with Gasteiger partial charge in [-0.25, -0.2) is 0 Å². The van der Waals surface area contributed by atoms with Crippen LogP contribution in [0.1, 0.15) is 36.0 Å². The summed E-state index contributed by atoms with van der Waals surface area (Å²) in [6.45, 7) is 2.33. The number of hydrogen-bond donors (Lipinski definition) is 3. The molecule has 7 nitrogen and oxygen atoms in total. The summed E-state index contributed by atoms with van der Waals surface area (Å²) < 4.78 is 0. The van der Waals surface area contributed by atoms with E-state index in [4.69, 9.17) is 0 Å². The van der Waals surface area contributed by atoms with Gasteiger partial charge >= 0.3 is 0 Å². The van der Waals surface area contributed by atoms with Crippen molar-refractivity contribution in [2.45, 2.75) is 37.5 Å². The number of carbonyl (C=O) groups excluding carboxylic acids is 3. The molecule has 2 saturated heterocycles. The second-order valence-electron chi connectivity index (χ2n) is 9.91. The summed E-state index contributed by atoms with van der Waals surface area (Å²) in [5.74, 6) is -0.0405. The Morgan fingerprint density at radius 2 is 1.76 bits per heavy atom. The van der Waals surface area contributed by atoms with E-state index < -0.39 is 5.41 Å². The van der Waals surface area contributed by atoms with Crippen LogP contribution in [-0.2, 0) is 32.6 Å². The van der Waals surface area contributed by atoms with Crippen LogP contribution in [0.4, 0.5) is 11.4 Å². The smallest absolute Gasteiger partial charge is 0.244 e. The highest BCUT2D eigenvalue weighted by molar-refractivity contribution is 6.12. The van der Waals surface area contributed by atoms with Gasteiger partial charge in [-0.3, -0.25) is 14.4 Å². The van der Waals surface area contributed by atoms with Gasteiger partial charge in [0.1, 0.15) is 6.54 Å². The maximum Gasteiger partial charge on any atom is 0.244 e. The first-order valence-electron chi connectivity index (χ1n) is 11.8. The van der Waals surface area contributed by atoms with Gasteiger partial charge in [-0.2, -0.15) is 0 Å². The number of fused-ring (bicyclic) bond motifs is 3. The van der Waals surface area contributed by atoms with Crippen LogP contribution in [0.25, 0.3) is 0 Å². The third-order valence-corrected chi connectivity index (χ3v) is 8.04.